The number of carbonyl (C=O) groups excluding carboxylic acids is 1. The highest BCUT2D eigenvalue weighted by molar-refractivity contribution is 5.84. The van der Waals surface area contributed by atoms with Crippen LogP contribution in [0.4, 0.5) is 0 Å². The Hall–Kier alpha value is -1.35. The minimum atomic E-state index is -0.292. The van der Waals surface area contributed by atoms with E-state index in [4.69, 9.17) is 4.74 Å². The SMILES string of the molecule is CCC(=O)C(C)(CC)[C@H]1C=CC[C@@H](C2=CC(O)=CC[C@@H]2CO[C@@H](C)CC)C1. The molecule has 0 aromatic heterocycles. The molecule has 0 fully saturated rings. The molecule has 0 aromatic rings. The van der Waals surface area contributed by atoms with Gasteiger partial charge in [-0.1, -0.05) is 45.4 Å². The van der Waals surface area contributed by atoms with Gasteiger partial charge in [-0.05, 0) is 63.0 Å². The normalized spacial score (nSPS) is 28.9. The van der Waals surface area contributed by atoms with Crippen molar-refractivity contribution in [3.05, 3.63) is 35.6 Å². The third-order valence-electron chi connectivity index (χ3n) is 6.86. The first kappa shape index (κ1) is 21.9. The Balaban J connectivity index is 2.18. The average molecular weight is 375 g/mol. The van der Waals surface area contributed by atoms with Gasteiger partial charge in [0.1, 0.15) is 11.5 Å². The second-order valence-electron chi connectivity index (χ2n) is 8.51. The fourth-order valence-electron chi connectivity index (χ4n) is 4.46. The summed E-state index contributed by atoms with van der Waals surface area (Å²) in [5.41, 5.74) is 1.01. The number of aliphatic hydroxyl groups excluding tert-OH is 1. The van der Waals surface area contributed by atoms with Crippen molar-refractivity contribution in [2.75, 3.05) is 6.61 Å². The monoisotopic (exact) mass is 374 g/mol. The second-order valence-corrected chi connectivity index (χ2v) is 8.51. The van der Waals surface area contributed by atoms with Crippen LogP contribution in [0.15, 0.2) is 35.6 Å². The van der Waals surface area contributed by atoms with Crippen molar-refractivity contribution in [1.29, 1.82) is 0 Å². The van der Waals surface area contributed by atoms with E-state index in [1.54, 1.807) is 0 Å². The maximum atomic E-state index is 12.7. The second kappa shape index (κ2) is 9.73. The standard InChI is InChI=1S/C24H38O3/c1-6-17(4)27-16-19-12-13-21(25)15-22(19)18-10-9-11-20(14-18)24(5,8-3)23(26)7-2/h9,11,13,15,17-20,25H,6-8,10,12,14,16H2,1-5H3/t17-,18+,19+,20-,24?/m0/s1. The number of rotatable bonds is 9. The van der Waals surface area contributed by atoms with Gasteiger partial charge in [0.2, 0.25) is 0 Å². The van der Waals surface area contributed by atoms with E-state index in [2.05, 4.69) is 39.8 Å². The van der Waals surface area contributed by atoms with Crippen molar-refractivity contribution in [2.45, 2.75) is 79.2 Å². The van der Waals surface area contributed by atoms with Crippen molar-refractivity contribution in [3.63, 3.8) is 0 Å². The van der Waals surface area contributed by atoms with E-state index in [0.717, 1.165) is 32.1 Å². The molecule has 2 rings (SSSR count). The van der Waals surface area contributed by atoms with Gasteiger partial charge in [0, 0.05) is 17.8 Å². The third kappa shape index (κ3) is 5.13. The van der Waals surface area contributed by atoms with Gasteiger partial charge in [-0.3, -0.25) is 4.79 Å². The smallest absolute Gasteiger partial charge is 0.139 e. The topological polar surface area (TPSA) is 46.5 Å². The number of ketones is 1. The number of hydrogen-bond acceptors (Lipinski definition) is 3. The van der Waals surface area contributed by atoms with Crippen molar-refractivity contribution in [3.8, 4) is 0 Å². The van der Waals surface area contributed by atoms with Crippen LogP contribution in [0.25, 0.3) is 0 Å². The summed E-state index contributed by atoms with van der Waals surface area (Å²) in [6, 6.07) is 0. The van der Waals surface area contributed by atoms with Gasteiger partial charge in [0.15, 0.2) is 0 Å². The van der Waals surface area contributed by atoms with Crippen LogP contribution in [0.3, 0.4) is 0 Å². The highest BCUT2D eigenvalue weighted by Crippen LogP contribution is 2.45. The molecular formula is C24H38O3. The summed E-state index contributed by atoms with van der Waals surface area (Å²) >= 11 is 0. The molecule has 5 atom stereocenters. The van der Waals surface area contributed by atoms with Crippen LogP contribution >= 0.6 is 0 Å². The number of allylic oxidation sites excluding steroid dienone is 4. The summed E-state index contributed by atoms with van der Waals surface area (Å²) in [6.45, 7) is 11.2. The van der Waals surface area contributed by atoms with Gasteiger partial charge < -0.3 is 9.84 Å². The number of Topliss-reactive ketones (excluding diaryl/α,β-unsaturated/α-hetero) is 1. The Kier molecular flexibility index (Phi) is 7.91. The highest BCUT2D eigenvalue weighted by atomic mass is 16.5. The fraction of sp³-hybridized carbons (Fsp3) is 0.708. The maximum absolute atomic E-state index is 12.7. The molecule has 152 valence electrons. The lowest BCUT2D eigenvalue weighted by Crippen LogP contribution is -2.37. The molecule has 0 aromatic carbocycles. The Bertz CT molecular complexity index is 601. The van der Waals surface area contributed by atoms with E-state index in [1.165, 1.54) is 5.57 Å². The number of aliphatic hydroxyl groups is 1. The maximum Gasteiger partial charge on any atom is 0.139 e. The zero-order chi connectivity index (χ0) is 20.0. The Labute approximate surface area is 165 Å². The number of carbonyl (C=O) groups is 1. The molecule has 27 heavy (non-hydrogen) atoms. The molecule has 0 aliphatic heterocycles. The lowest BCUT2D eigenvalue weighted by atomic mass is 9.64. The summed E-state index contributed by atoms with van der Waals surface area (Å²) in [7, 11) is 0. The van der Waals surface area contributed by atoms with Crippen molar-refractivity contribution in [1.82, 2.24) is 0 Å². The fourth-order valence-corrected chi connectivity index (χ4v) is 4.46. The summed E-state index contributed by atoms with van der Waals surface area (Å²) in [5, 5.41) is 10.1. The first-order valence-corrected chi connectivity index (χ1v) is 10.8. The lowest BCUT2D eigenvalue weighted by Gasteiger charge is -2.40. The number of ether oxygens (including phenoxy) is 1. The lowest BCUT2D eigenvalue weighted by molar-refractivity contribution is -0.130. The van der Waals surface area contributed by atoms with Crippen LogP contribution in [0, 0.1) is 23.2 Å². The predicted molar refractivity (Wildman–Crippen MR) is 112 cm³/mol. The van der Waals surface area contributed by atoms with E-state index in [1.807, 2.05) is 19.1 Å². The molecule has 0 saturated carbocycles. The third-order valence-corrected chi connectivity index (χ3v) is 6.86. The minimum Gasteiger partial charge on any atom is -0.508 e. The van der Waals surface area contributed by atoms with Crippen LogP contribution in [0.2, 0.25) is 0 Å². The zero-order valence-electron chi connectivity index (χ0n) is 17.8. The summed E-state index contributed by atoms with van der Waals surface area (Å²) < 4.78 is 6.03. The molecule has 2 aliphatic carbocycles. The minimum absolute atomic E-state index is 0.260. The van der Waals surface area contributed by atoms with Gasteiger partial charge >= 0.3 is 0 Å². The van der Waals surface area contributed by atoms with Gasteiger partial charge in [0.05, 0.1) is 12.7 Å². The predicted octanol–water partition coefficient (Wildman–Crippen LogP) is 6.17. The van der Waals surface area contributed by atoms with Crippen LogP contribution < -0.4 is 0 Å². The van der Waals surface area contributed by atoms with Crippen molar-refractivity contribution >= 4 is 5.78 Å². The van der Waals surface area contributed by atoms with E-state index in [-0.39, 0.29) is 17.4 Å². The Morgan fingerprint density at radius 3 is 2.70 bits per heavy atom. The highest BCUT2D eigenvalue weighted by Gasteiger charge is 2.40. The van der Waals surface area contributed by atoms with Crippen LogP contribution in [-0.4, -0.2) is 23.6 Å². The van der Waals surface area contributed by atoms with Crippen LogP contribution in [-0.2, 0) is 9.53 Å². The molecule has 0 saturated heterocycles. The number of hydrogen-bond donors (Lipinski definition) is 1. The van der Waals surface area contributed by atoms with E-state index in [0.29, 0.717) is 36.4 Å². The Morgan fingerprint density at radius 2 is 2.07 bits per heavy atom. The van der Waals surface area contributed by atoms with Gasteiger partial charge in [0.25, 0.3) is 0 Å². The molecule has 0 heterocycles. The van der Waals surface area contributed by atoms with Gasteiger partial charge in [-0.25, -0.2) is 0 Å². The van der Waals surface area contributed by atoms with E-state index in [9.17, 15) is 9.90 Å². The van der Waals surface area contributed by atoms with E-state index < -0.39 is 0 Å². The molecule has 3 heteroatoms. The van der Waals surface area contributed by atoms with Crippen LogP contribution in [0.5, 0.6) is 0 Å². The summed E-state index contributed by atoms with van der Waals surface area (Å²) in [5.74, 6) is 1.69. The van der Waals surface area contributed by atoms with Gasteiger partial charge in [-0.15, -0.1) is 0 Å². The van der Waals surface area contributed by atoms with Crippen LogP contribution in [0.1, 0.15) is 73.1 Å². The summed E-state index contributed by atoms with van der Waals surface area (Å²) in [6.07, 6.45) is 13.9. The first-order chi connectivity index (χ1) is 12.8. The first-order valence-electron chi connectivity index (χ1n) is 10.8. The molecule has 2 aliphatic rings. The summed E-state index contributed by atoms with van der Waals surface area (Å²) in [4.78, 5) is 12.7. The molecule has 0 bridgehead atoms. The van der Waals surface area contributed by atoms with Gasteiger partial charge in [-0.2, -0.15) is 0 Å². The largest absolute Gasteiger partial charge is 0.508 e. The molecule has 0 spiro atoms. The molecular weight excluding hydrogens is 336 g/mol. The molecule has 0 radical (unpaired) electrons. The average Bonchev–Trinajstić information content (AvgIpc) is 2.71. The van der Waals surface area contributed by atoms with Crippen molar-refractivity contribution in [2.24, 2.45) is 23.2 Å². The molecule has 1 N–H and O–H groups in total. The molecule has 1 unspecified atom stereocenters. The molecule has 0 amide bonds. The van der Waals surface area contributed by atoms with Crippen molar-refractivity contribution < 1.29 is 14.6 Å². The van der Waals surface area contributed by atoms with E-state index >= 15 is 0 Å². The quantitative estimate of drug-likeness (QED) is 0.491. The Morgan fingerprint density at radius 1 is 1.33 bits per heavy atom. The zero-order valence-corrected chi connectivity index (χ0v) is 17.8. The molecule has 3 nitrogen and oxygen atoms in total.